The quantitative estimate of drug-likeness (QED) is 0.0264. The molecule has 0 saturated carbocycles. The lowest BCUT2D eigenvalue weighted by molar-refractivity contribution is -0.161. The van der Waals surface area contributed by atoms with Gasteiger partial charge >= 0.3 is 19.8 Å². The number of unbranched alkanes of at least 4 members (excludes halogenated alkanes) is 51. The van der Waals surface area contributed by atoms with E-state index in [-0.39, 0.29) is 38.6 Å². The molecular formula is C79H148NO8P. The van der Waals surface area contributed by atoms with Gasteiger partial charge in [-0.25, -0.2) is 4.57 Å². The lowest BCUT2D eigenvalue weighted by Crippen LogP contribution is -2.29. The van der Waals surface area contributed by atoms with Gasteiger partial charge in [-0.3, -0.25) is 18.6 Å². The lowest BCUT2D eigenvalue weighted by atomic mass is 10.0. The highest BCUT2D eigenvalue weighted by Gasteiger charge is 2.26. The summed E-state index contributed by atoms with van der Waals surface area (Å²) < 4.78 is 33.3. The molecule has 0 fully saturated rings. The Labute approximate surface area is 552 Å². The van der Waals surface area contributed by atoms with Crippen LogP contribution in [0.25, 0.3) is 0 Å². The molecule has 3 N–H and O–H groups in total. The van der Waals surface area contributed by atoms with Crippen molar-refractivity contribution in [2.45, 2.75) is 405 Å². The minimum absolute atomic E-state index is 0.0548. The van der Waals surface area contributed by atoms with Gasteiger partial charge in [0.1, 0.15) is 6.61 Å². The number of phosphoric acid groups is 1. The molecule has 89 heavy (non-hydrogen) atoms. The molecule has 2 unspecified atom stereocenters. The van der Waals surface area contributed by atoms with Crippen molar-refractivity contribution < 1.29 is 37.6 Å². The fourth-order valence-corrected chi connectivity index (χ4v) is 12.5. The van der Waals surface area contributed by atoms with Gasteiger partial charge in [-0.15, -0.1) is 0 Å². The van der Waals surface area contributed by atoms with E-state index in [1.807, 2.05) is 0 Å². The second kappa shape index (κ2) is 74.7. The molecule has 522 valence electrons. The van der Waals surface area contributed by atoms with Crippen molar-refractivity contribution in [3.8, 4) is 0 Å². The average molecular weight is 1270 g/mol. The Hall–Kier alpha value is -2.29. The van der Waals surface area contributed by atoms with Crippen molar-refractivity contribution in [2.24, 2.45) is 5.73 Å². The molecule has 0 aliphatic heterocycles. The summed E-state index contributed by atoms with van der Waals surface area (Å²) in [5.41, 5.74) is 5.41. The molecule has 0 saturated heterocycles. The van der Waals surface area contributed by atoms with Crippen LogP contribution in [0.2, 0.25) is 0 Å². The summed E-state index contributed by atoms with van der Waals surface area (Å²) in [4.78, 5) is 35.4. The molecule has 0 heterocycles. The third-order valence-corrected chi connectivity index (χ3v) is 18.4. The molecule has 2 atom stereocenters. The highest BCUT2D eigenvalue weighted by atomic mass is 31.2. The molecule has 0 aliphatic rings. The average Bonchev–Trinajstić information content (AvgIpc) is 3.58. The van der Waals surface area contributed by atoms with Gasteiger partial charge in [-0.2, -0.15) is 0 Å². The topological polar surface area (TPSA) is 134 Å². The largest absolute Gasteiger partial charge is 0.472 e. The van der Waals surface area contributed by atoms with Crippen molar-refractivity contribution >= 4 is 19.8 Å². The van der Waals surface area contributed by atoms with E-state index in [0.717, 1.165) is 70.6 Å². The molecule has 10 heteroatoms. The van der Waals surface area contributed by atoms with Gasteiger partial charge in [0.25, 0.3) is 0 Å². The minimum atomic E-state index is -4.39. The Morgan fingerprint density at radius 1 is 0.348 bits per heavy atom. The van der Waals surface area contributed by atoms with Gasteiger partial charge in [0.15, 0.2) is 6.10 Å². The van der Waals surface area contributed by atoms with Crippen LogP contribution in [0, 0.1) is 0 Å². The predicted octanol–water partition coefficient (Wildman–Crippen LogP) is 25.8. The molecule has 0 bridgehead atoms. The van der Waals surface area contributed by atoms with Crippen LogP contribution in [0.4, 0.5) is 0 Å². The summed E-state index contributed by atoms with van der Waals surface area (Å²) >= 11 is 0. The van der Waals surface area contributed by atoms with Crippen molar-refractivity contribution in [3.05, 3.63) is 60.8 Å². The molecule has 0 aromatic heterocycles. The standard InChI is InChI=1S/C79H148NO8P/c1-3-5-7-9-11-13-15-17-19-21-23-25-27-29-31-33-35-37-38-40-41-43-45-47-49-51-53-55-57-59-61-63-65-67-69-71-78(81)85-75-77(76-87-89(83,84)86-74-73-80)88-79(82)72-70-68-66-64-62-60-58-56-54-52-50-48-46-44-42-39-36-34-32-30-28-26-24-22-20-18-16-14-12-10-8-6-4-2/h6,8,12,14,18,20,24,26,30,32,77H,3-5,7,9-11,13,15-17,19,21-23,25,27-29,31,33-76,80H2,1-2H3,(H,83,84)/b8-6-,14-12-,20-18-,26-24-,32-30-. The van der Waals surface area contributed by atoms with Gasteiger partial charge in [-0.1, -0.05) is 389 Å². The smallest absolute Gasteiger partial charge is 0.462 e. The van der Waals surface area contributed by atoms with Crippen LogP contribution < -0.4 is 5.73 Å². The third-order valence-electron chi connectivity index (χ3n) is 17.4. The predicted molar refractivity (Wildman–Crippen MR) is 386 cm³/mol. The number of phosphoric ester groups is 1. The fourth-order valence-electron chi connectivity index (χ4n) is 11.7. The zero-order valence-corrected chi connectivity index (χ0v) is 59.8. The number of nitrogens with two attached hydrogens (primary N) is 1. The number of carbonyl (C=O) groups is 2. The van der Waals surface area contributed by atoms with Gasteiger partial charge in [0.05, 0.1) is 13.2 Å². The molecular weight excluding hydrogens is 1120 g/mol. The van der Waals surface area contributed by atoms with Crippen LogP contribution >= 0.6 is 7.82 Å². The monoisotopic (exact) mass is 1270 g/mol. The first-order valence-corrected chi connectivity index (χ1v) is 40.3. The maximum absolute atomic E-state index is 12.8. The van der Waals surface area contributed by atoms with Crippen LogP contribution in [0.5, 0.6) is 0 Å². The van der Waals surface area contributed by atoms with E-state index in [1.54, 1.807) is 0 Å². The lowest BCUT2D eigenvalue weighted by Gasteiger charge is -2.19. The number of hydrogen-bond acceptors (Lipinski definition) is 8. The van der Waals surface area contributed by atoms with E-state index < -0.39 is 26.5 Å². The van der Waals surface area contributed by atoms with E-state index >= 15 is 0 Å². The second-order valence-corrected chi connectivity index (χ2v) is 27.7. The van der Waals surface area contributed by atoms with Gasteiger partial charge in [-0.05, 0) is 57.8 Å². The van der Waals surface area contributed by atoms with E-state index in [4.69, 9.17) is 24.3 Å². The van der Waals surface area contributed by atoms with Crippen molar-refractivity contribution in [1.82, 2.24) is 0 Å². The first kappa shape index (κ1) is 86.7. The second-order valence-electron chi connectivity index (χ2n) is 26.2. The van der Waals surface area contributed by atoms with Gasteiger partial charge < -0.3 is 20.1 Å². The number of hydrogen-bond donors (Lipinski definition) is 2. The molecule has 9 nitrogen and oxygen atoms in total. The van der Waals surface area contributed by atoms with E-state index in [9.17, 15) is 19.0 Å². The molecule has 0 amide bonds. The molecule has 0 spiro atoms. The molecule has 0 radical (unpaired) electrons. The summed E-state index contributed by atoms with van der Waals surface area (Å²) in [6, 6.07) is 0. The van der Waals surface area contributed by atoms with E-state index in [2.05, 4.69) is 74.6 Å². The summed E-state index contributed by atoms with van der Waals surface area (Å²) in [7, 11) is -4.39. The number of carbonyl (C=O) groups excluding carboxylic acids is 2. The number of rotatable bonds is 74. The van der Waals surface area contributed by atoms with Crippen LogP contribution in [-0.4, -0.2) is 49.3 Å². The summed E-state index contributed by atoms with van der Waals surface area (Å²) in [6.07, 6.45) is 97.9. The van der Waals surface area contributed by atoms with E-state index in [1.165, 1.54) is 295 Å². The van der Waals surface area contributed by atoms with E-state index in [0.29, 0.717) is 6.42 Å². The Kier molecular flexibility index (Phi) is 72.8. The van der Waals surface area contributed by atoms with Crippen LogP contribution in [0.3, 0.4) is 0 Å². The maximum atomic E-state index is 12.8. The van der Waals surface area contributed by atoms with Crippen LogP contribution in [0.15, 0.2) is 60.8 Å². The molecule has 0 rings (SSSR count). The zero-order chi connectivity index (χ0) is 64.4. The molecule has 0 aromatic rings. The highest BCUT2D eigenvalue weighted by Crippen LogP contribution is 2.43. The van der Waals surface area contributed by atoms with Crippen molar-refractivity contribution in [2.75, 3.05) is 26.4 Å². The summed E-state index contributed by atoms with van der Waals surface area (Å²) in [5, 5.41) is 0. The van der Waals surface area contributed by atoms with Gasteiger partial charge in [0, 0.05) is 19.4 Å². The highest BCUT2D eigenvalue weighted by molar-refractivity contribution is 7.47. The number of esters is 2. The zero-order valence-electron chi connectivity index (χ0n) is 58.9. The van der Waals surface area contributed by atoms with Crippen molar-refractivity contribution in [3.63, 3.8) is 0 Å². The fraction of sp³-hybridized carbons (Fsp3) is 0.848. The Balaban J connectivity index is 3.78. The summed E-state index contributed by atoms with van der Waals surface area (Å²) in [6.45, 7) is 3.71. The normalized spacial score (nSPS) is 13.2. The van der Waals surface area contributed by atoms with Gasteiger partial charge in [0.2, 0.25) is 0 Å². The molecule has 0 aliphatic carbocycles. The number of allylic oxidation sites excluding steroid dienone is 10. The first-order valence-electron chi connectivity index (χ1n) is 38.8. The van der Waals surface area contributed by atoms with Crippen molar-refractivity contribution in [1.29, 1.82) is 0 Å². The Bertz CT molecular complexity index is 1640. The third kappa shape index (κ3) is 74.6. The minimum Gasteiger partial charge on any atom is -0.462 e. The Morgan fingerprint density at radius 3 is 0.921 bits per heavy atom. The maximum Gasteiger partial charge on any atom is 0.472 e. The first-order chi connectivity index (χ1) is 43.8. The van der Waals surface area contributed by atoms with Crippen LogP contribution in [0.1, 0.15) is 399 Å². The Morgan fingerprint density at radius 2 is 0.618 bits per heavy atom. The van der Waals surface area contributed by atoms with Crippen LogP contribution in [-0.2, 0) is 32.7 Å². The summed E-state index contributed by atoms with van der Waals surface area (Å²) in [5.74, 6) is -0.806. The number of ether oxygens (including phenoxy) is 2. The molecule has 0 aromatic carbocycles. The SMILES string of the molecule is CC/C=C\C/C=C\C/C=C\C/C=C\C/C=C\CCCCCCCCCCCCCCCCCCCC(=O)OC(COC(=O)CCCCCCCCCCCCCCCCCCCCCCCCCCCCCCCCCCCCC)COP(=O)(O)OCCN.